The summed E-state index contributed by atoms with van der Waals surface area (Å²) in [6, 6.07) is 5.69. The predicted octanol–water partition coefficient (Wildman–Crippen LogP) is 3.06. The van der Waals surface area contributed by atoms with Crippen LogP contribution in [-0.4, -0.2) is 22.1 Å². The first-order valence-corrected chi connectivity index (χ1v) is 7.73. The lowest BCUT2D eigenvalue weighted by Gasteiger charge is -2.21. The SMILES string of the molecule is CC(=O)OCC(CC(C)C)n1ccc2c([N+](=O)[O-])cccc2c1=O. The van der Waals surface area contributed by atoms with Gasteiger partial charge < -0.3 is 9.30 Å². The molecule has 0 N–H and O–H groups in total. The molecule has 1 atom stereocenters. The number of nitro groups is 1. The minimum Gasteiger partial charge on any atom is -0.464 e. The quantitative estimate of drug-likeness (QED) is 0.460. The van der Waals surface area contributed by atoms with Crippen LogP contribution in [0.25, 0.3) is 10.8 Å². The monoisotopic (exact) mass is 332 g/mol. The van der Waals surface area contributed by atoms with Crippen LogP contribution in [0.5, 0.6) is 0 Å². The van der Waals surface area contributed by atoms with Crippen LogP contribution in [0, 0.1) is 16.0 Å². The van der Waals surface area contributed by atoms with E-state index >= 15 is 0 Å². The molecule has 0 fully saturated rings. The third-order valence-electron chi connectivity index (χ3n) is 3.76. The molecule has 1 aromatic carbocycles. The highest BCUT2D eigenvalue weighted by Gasteiger charge is 2.19. The summed E-state index contributed by atoms with van der Waals surface area (Å²) >= 11 is 0. The van der Waals surface area contributed by atoms with E-state index in [-0.39, 0.29) is 29.3 Å². The van der Waals surface area contributed by atoms with Crippen molar-refractivity contribution in [3.05, 3.63) is 50.9 Å². The lowest BCUT2D eigenvalue weighted by atomic mass is 10.0. The van der Waals surface area contributed by atoms with Gasteiger partial charge in [-0.05, 0) is 24.5 Å². The van der Waals surface area contributed by atoms with Crippen molar-refractivity contribution < 1.29 is 14.5 Å². The third-order valence-corrected chi connectivity index (χ3v) is 3.76. The van der Waals surface area contributed by atoms with E-state index in [9.17, 15) is 19.7 Å². The van der Waals surface area contributed by atoms with Crippen molar-refractivity contribution in [2.24, 2.45) is 5.92 Å². The van der Waals surface area contributed by atoms with Crippen molar-refractivity contribution in [1.29, 1.82) is 0 Å². The van der Waals surface area contributed by atoms with Gasteiger partial charge in [0, 0.05) is 19.2 Å². The molecular weight excluding hydrogens is 312 g/mol. The maximum Gasteiger partial charge on any atom is 0.302 e. The zero-order chi connectivity index (χ0) is 17.9. The molecule has 0 radical (unpaired) electrons. The molecule has 0 spiro atoms. The Morgan fingerprint density at radius 1 is 1.29 bits per heavy atom. The molecule has 7 heteroatoms. The van der Waals surface area contributed by atoms with Crippen LogP contribution in [0.15, 0.2) is 35.3 Å². The first-order chi connectivity index (χ1) is 11.3. The topological polar surface area (TPSA) is 91.4 Å². The number of nitro benzene ring substituents is 1. The van der Waals surface area contributed by atoms with Crippen LogP contribution >= 0.6 is 0 Å². The summed E-state index contributed by atoms with van der Waals surface area (Å²) in [7, 11) is 0. The smallest absolute Gasteiger partial charge is 0.302 e. The van der Waals surface area contributed by atoms with Gasteiger partial charge in [0.05, 0.1) is 21.7 Å². The zero-order valence-corrected chi connectivity index (χ0v) is 13.9. The summed E-state index contributed by atoms with van der Waals surface area (Å²) in [6.45, 7) is 5.43. The van der Waals surface area contributed by atoms with Crippen LogP contribution in [-0.2, 0) is 9.53 Å². The van der Waals surface area contributed by atoms with E-state index in [0.717, 1.165) is 0 Å². The highest BCUT2D eigenvalue weighted by Crippen LogP contribution is 2.24. The van der Waals surface area contributed by atoms with Gasteiger partial charge in [0.2, 0.25) is 0 Å². The lowest BCUT2D eigenvalue weighted by Crippen LogP contribution is -2.29. The molecule has 0 aliphatic heterocycles. The average molecular weight is 332 g/mol. The van der Waals surface area contributed by atoms with Crippen LogP contribution in [0.4, 0.5) is 5.69 Å². The normalized spacial score (nSPS) is 12.3. The maximum absolute atomic E-state index is 12.8. The number of hydrogen-bond acceptors (Lipinski definition) is 5. The Morgan fingerprint density at radius 3 is 2.58 bits per heavy atom. The van der Waals surface area contributed by atoms with Gasteiger partial charge in [-0.3, -0.25) is 19.7 Å². The van der Waals surface area contributed by atoms with E-state index < -0.39 is 10.9 Å². The molecule has 0 aliphatic rings. The molecule has 2 aromatic rings. The van der Waals surface area contributed by atoms with Crippen molar-refractivity contribution in [3.8, 4) is 0 Å². The largest absolute Gasteiger partial charge is 0.464 e. The van der Waals surface area contributed by atoms with Crippen LogP contribution in [0.3, 0.4) is 0 Å². The molecule has 0 aliphatic carbocycles. The van der Waals surface area contributed by atoms with Gasteiger partial charge in [0.15, 0.2) is 0 Å². The van der Waals surface area contributed by atoms with Gasteiger partial charge >= 0.3 is 5.97 Å². The van der Waals surface area contributed by atoms with Crippen molar-refractivity contribution in [2.45, 2.75) is 33.2 Å². The van der Waals surface area contributed by atoms with Crippen LogP contribution in [0.1, 0.15) is 33.2 Å². The van der Waals surface area contributed by atoms with Gasteiger partial charge in [-0.25, -0.2) is 0 Å². The van der Waals surface area contributed by atoms with Crippen LogP contribution < -0.4 is 5.56 Å². The van der Waals surface area contributed by atoms with Crippen molar-refractivity contribution in [1.82, 2.24) is 4.57 Å². The van der Waals surface area contributed by atoms with E-state index in [1.807, 2.05) is 13.8 Å². The number of carbonyl (C=O) groups is 1. The summed E-state index contributed by atoms with van der Waals surface area (Å²) in [5.74, 6) is -0.119. The maximum atomic E-state index is 12.8. The second-order valence-corrected chi connectivity index (χ2v) is 6.11. The Hall–Kier alpha value is -2.70. The fourth-order valence-corrected chi connectivity index (χ4v) is 2.74. The summed E-state index contributed by atoms with van der Waals surface area (Å²) in [4.78, 5) is 34.5. The first-order valence-electron chi connectivity index (χ1n) is 7.73. The number of benzene rings is 1. The predicted molar refractivity (Wildman–Crippen MR) is 90.0 cm³/mol. The minimum atomic E-state index is -0.503. The molecule has 0 saturated carbocycles. The number of fused-ring (bicyclic) bond motifs is 1. The molecule has 1 heterocycles. The highest BCUT2D eigenvalue weighted by molar-refractivity contribution is 5.89. The van der Waals surface area contributed by atoms with E-state index in [1.54, 1.807) is 12.1 Å². The lowest BCUT2D eigenvalue weighted by molar-refractivity contribution is -0.383. The summed E-state index contributed by atoms with van der Waals surface area (Å²) in [5, 5.41) is 11.7. The first kappa shape index (κ1) is 17.7. The Kier molecular flexibility index (Phi) is 5.33. The number of non-ortho nitro benzene ring substituents is 1. The van der Waals surface area contributed by atoms with E-state index in [4.69, 9.17) is 4.74 Å². The second-order valence-electron chi connectivity index (χ2n) is 6.11. The Labute approximate surface area is 139 Å². The standard InChI is InChI=1S/C17H20N2O5/c1-11(2)9-13(10-24-12(3)20)18-8-7-14-15(17(18)21)5-4-6-16(14)19(22)23/h4-8,11,13H,9-10H2,1-3H3. The fraction of sp³-hybridized carbons (Fsp3) is 0.412. The number of carbonyl (C=O) groups excluding carboxylic acids is 1. The van der Waals surface area contributed by atoms with Gasteiger partial charge in [-0.2, -0.15) is 0 Å². The van der Waals surface area contributed by atoms with Crippen molar-refractivity contribution in [3.63, 3.8) is 0 Å². The third kappa shape index (κ3) is 3.79. The molecule has 1 unspecified atom stereocenters. The number of hydrogen-bond donors (Lipinski definition) is 0. The molecule has 24 heavy (non-hydrogen) atoms. The van der Waals surface area contributed by atoms with E-state index in [2.05, 4.69) is 0 Å². The van der Waals surface area contributed by atoms with Crippen molar-refractivity contribution >= 4 is 22.4 Å². The van der Waals surface area contributed by atoms with E-state index in [1.165, 1.54) is 29.8 Å². The molecule has 0 amide bonds. The number of rotatable bonds is 6. The molecule has 7 nitrogen and oxygen atoms in total. The summed E-state index contributed by atoms with van der Waals surface area (Å²) in [5.41, 5.74) is -0.425. The molecule has 128 valence electrons. The highest BCUT2D eigenvalue weighted by atomic mass is 16.6. The molecular formula is C17H20N2O5. The second kappa shape index (κ2) is 7.25. The molecule has 2 rings (SSSR count). The Bertz CT molecular complexity index is 825. The van der Waals surface area contributed by atoms with E-state index in [0.29, 0.717) is 17.7 Å². The van der Waals surface area contributed by atoms with Crippen LogP contribution in [0.2, 0.25) is 0 Å². The molecule has 0 saturated heterocycles. The van der Waals surface area contributed by atoms with Gasteiger partial charge in [0.1, 0.15) is 6.61 Å². The molecule has 1 aromatic heterocycles. The van der Waals surface area contributed by atoms with Gasteiger partial charge in [-0.1, -0.05) is 19.9 Å². The number of aromatic nitrogens is 1. The number of pyridine rings is 1. The van der Waals surface area contributed by atoms with Gasteiger partial charge in [-0.15, -0.1) is 0 Å². The van der Waals surface area contributed by atoms with Crippen molar-refractivity contribution in [2.75, 3.05) is 6.61 Å². The minimum absolute atomic E-state index is 0.0911. The number of esters is 1. The summed E-state index contributed by atoms with van der Waals surface area (Å²) in [6.07, 6.45) is 2.18. The Balaban J connectivity index is 2.53. The average Bonchev–Trinajstić information content (AvgIpc) is 2.51. The Morgan fingerprint density at radius 2 is 2.00 bits per heavy atom. The summed E-state index contributed by atoms with van der Waals surface area (Å²) < 4.78 is 6.58. The zero-order valence-electron chi connectivity index (χ0n) is 13.9. The number of nitrogens with zero attached hydrogens (tertiary/aromatic N) is 2. The number of ether oxygens (including phenoxy) is 1. The fourth-order valence-electron chi connectivity index (χ4n) is 2.74. The van der Waals surface area contributed by atoms with Gasteiger partial charge in [0.25, 0.3) is 11.2 Å². The molecule has 0 bridgehead atoms.